The highest BCUT2D eigenvalue weighted by molar-refractivity contribution is 7.21. The largest absolute Gasteiger partial charge is 0.496 e. The SMILES string of the molecule is CCOC(=O)[C@H]1CC[C@H](O[C@@H](Cn2c(=O)n(C(C)(C)C(=O)NC(C)C)c(=O)c3c(C)c(-n4nccn4)sc32)c2cc(F)ccc2OC)CC1. The van der Waals surface area contributed by atoms with Crippen molar-refractivity contribution in [1.29, 1.82) is 0 Å². The van der Waals surface area contributed by atoms with Crippen molar-refractivity contribution in [2.24, 2.45) is 5.92 Å². The van der Waals surface area contributed by atoms with E-state index in [1.807, 2.05) is 0 Å². The Morgan fingerprint density at radius 1 is 1.12 bits per heavy atom. The maximum Gasteiger partial charge on any atom is 0.333 e. The number of aryl methyl sites for hydroxylation is 1. The van der Waals surface area contributed by atoms with Crippen LogP contribution in [-0.2, 0) is 31.1 Å². The van der Waals surface area contributed by atoms with E-state index in [2.05, 4.69) is 15.5 Å². The molecule has 0 bridgehead atoms. The van der Waals surface area contributed by atoms with Crippen LogP contribution >= 0.6 is 11.3 Å². The van der Waals surface area contributed by atoms with E-state index in [9.17, 15) is 23.6 Å². The molecule has 0 radical (unpaired) electrons. The van der Waals surface area contributed by atoms with E-state index < -0.39 is 34.6 Å². The van der Waals surface area contributed by atoms with Crippen molar-refractivity contribution in [3.63, 3.8) is 0 Å². The Bertz CT molecular complexity index is 1940. The number of hydrogen-bond donors (Lipinski definition) is 1. The van der Waals surface area contributed by atoms with Crippen LogP contribution in [0.25, 0.3) is 15.2 Å². The van der Waals surface area contributed by atoms with Crippen molar-refractivity contribution in [3.8, 4) is 10.8 Å². The molecule has 0 unspecified atom stereocenters. The van der Waals surface area contributed by atoms with Gasteiger partial charge in [0.25, 0.3) is 5.56 Å². The van der Waals surface area contributed by atoms with Gasteiger partial charge in [-0.15, -0.1) is 4.80 Å². The number of nitrogens with zero attached hydrogens (tertiary/aromatic N) is 5. The van der Waals surface area contributed by atoms with Gasteiger partial charge in [0.05, 0.1) is 50.1 Å². The van der Waals surface area contributed by atoms with Crippen LogP contribution in [0.5, 0.6) is 5.75 Å². The lowest BCUT2D eigenvalue weighted by Crippen LogP contribution is -2.56. The summed E-state index contributed by atoms with van der Waals surface area (Å²) < 4.78 is 34.8. The molecular weight excluding hydrogens is 655 g/mol. The summed E-state index contributed by atoms with van der Waals surface area (Å²) in [5.41, 5.74) is -2.07. The molecule has 15 heteroatoms. The molecule has 1 aliphatic carbocycles. The molecule has 1 fully saturated rings. The summed E-state index contributed by atoms with van der Waals surface area (Å²) in [5, 5.41) is 12.1. The van der Waals surface area contributed by atoms with Crippen LogP contribution in [0.15, 0.2) is 40.2 Å². The van der Waals surface area contributed by atoms with Crippen molar-refractivity contribution in [2.75, 3.05) is 13.7 Å². The van der Waals surface area contributed by atoms with Gasteiger partial charge >= 0.3 is 11.7 Å². The molecule has 4 aromatic rings. The number of rotatable bonds is 12. The first-order valence-electron chi connectivity index (χ1n) is 16.4. The molecule has 13 nitrogen and oxygen atoms in total. The Kier molecular flexibility index (Phi) is 10.7. The van der Waals surface area contributed by atoms with Gasteiger partial charge in [-0.2, -0.15) is 10.2 Å². The highest BCUT2D eigenvalue weighted by Crippen LogP contribution is 2.37. The number of hydrogen-bond acceptors (Lipinski definition) is 10. The lowest BCUT2D eigenvalue weighted by atomic mass is 9.87. The second-order valence-electron chi connectivity index (χ2n) is 13.0. The van der Waals surface area contributed by atoms with Gasteiger partial charge in [-0.25, -0.2) is 13.8 Å². The molecular formula is C34H43FN6O7S. The van der Waals surface area contributed by atoms with Crippen LogP contribution in [0.2, 0.25) is 0 Å². The third kappa shape index (κ3) is 7.18. The third-order valence-electron chi connectivity index (χ3n) is 8.86. The molecule has 0 spiro atoms. The number of carbonyl (C=O) groups excluding carboxylic acids is 2. The molecule has 49 heavy (non-hydrogen) atoms. The van der Waals surface area contributed by atoms with Gasteiger partial charge in [-0.1, -0.05) is 11.3 Å². The summed E-state index contributed by atoms with van der Waals surface area (Å²) in [6.45, 7) is 10.3. The highest BCUT2D eigenvalue weighted by atomic mass is 32.1. The van der Waals surface area contributed by atoms with Gasteiger partial charge in [0.2, 0.25) is 5.91 Å². The molecule has 0 aliphatic heterocycles. The minimum atomic E-state index is -1.59. The fourth-order valence-corrected chi connectivity index (χ4v) is 7.52. The number of esters is 1. The molecule has 1 atom stereocenters. The first-order valence-corrected chi connectivity index (χ1v) is 17.2. The number of nitrogens with one attached hydrogen (secondary N) is 1. The number of amides is 1. The number of methoxy groups -OCH3 is 1. The predicted molar refractivity (Wildman–Crippen MR) is 182 cm³/mol. The summed E-state index contributed by atoms with van der Waals surface area (Å²) in [6.07, 6.45) is 3.93. The first-order chi connectivity index (χ1) is 23.3. The molecule has 3 heterocycles. The van der Waals surface area contributed by atoms with E-state index in [-0.39, 0.29) is 36.0 Å². The first kappa shape index (κ1) is 35.9. The summed E-state index contributed by atoms with van der Waals surface area (Å²) >= 11 is 1.15. The van der Waals surface area contributed by atoms with Gasteiger partial charge in [-0.05, 0) is 85.4 Å². The van der Waals surface area contributed by atoms with Crippen LogP contribution in [0.4, 0.5) is 4.39 Å². The molecule has 264 valence electrons. The summed E-state index contributed by atoms with van der Waals surface area (Å²) in [6, 6.07) is 3.83. The maximum absolute atomic E-state index is 14.9. The van der Waals surface area contributed by atoms with E-state index in [4.69, 9.17) is 14.2 Å². The molecule has 3 aromatic heterocycles. The second-order valence-corrected chi connectivity index (χ2v) is 14.0. The molecule has 1 aliphatic rings. The zero-order valence-electron chi connectivity index (χ0n) is 28.8. The van der Waals surface area contributed by atoms with E-state index in [1.165, 1.54) is 60.9 Å². The number of benzene rings is 1. The minimum absolute atomic E-state index is 0.152. The monoisotopic (exact) mass is 698 g/mol. The Labute approximate surface area is 287 Å². The molecule has 5 rings (SSSR count). The van der Waals surface area contributed by atoms with Crippen molar-refractivity contribution < 1.29 is 28.2 Å². The zero-order chi connectivity index (χ0) is 35.6. The van der Waals surface area contributed by atoms with Crippen molar-refractivity contribution in [2.45, 2.75) is 97.6 Å². The summed E-state index contributed by atoms with van der Waals surface area (Å²) in [4.78, 5) is 56.5. The maximum atomic E-state index is 14.9. The van der Waals surface area contributed by atoms with Crippen molar-refractivity contribution >= 4 is 33.4 Å². The van der Waals surface area contributed by atoms with Crippen LogP contribution in [-0.4, -0.2) is 61.9 Å². The number of ether oxygens (including phenoxy) is 3. The van der Waals surface area contributed by atoms with Gasteiger partial charge in [0, 0.05) is 17.2 Å². The molecule has 1 aromatic carbocycles. The molecule has 1 saturated carbocycles. The van der Waals surface area contributed by atoms with Crippen LogP contribution in [0.3, 0.4) is 0 Å². The van der Waals surface area contributed by atoms with Gasteiger partial charge in [0.15, 0.2) is 0 Å². The lowest BCUT2D eigenvalue weighted by molar-refractivity contribution is -0.150. The van der Waals surface area contributed by atoms with E-state index in [1.54, 1.807) is 27.7 Å². The molecule has 1 amide bonds. The van der Waals surface area contributed by atoms with E-state index in [0.29, 0.717) is 59.0 Å². The number of fused-ring (bicyclic) bond motifs is 1. The highest BCUT2D eigenvalue weighted by Gasteiger charge is 2.37. The quantitative estimate of drug-likeness (QED) is 0.213. The summed E-state index contributed by atoms with van der Waals surface area (Å²) in [5.74, 6) is -1.16. The van der Waals surface area contributed by atoms with Crippen LogP contribution in [0.1, 0.15) is 77.5 Å². The fraction of sp³-hybridized carbons (Fsp3) is 0.529. The van der Waals surface area contributed by atoms with E-state index in [0.717, 1.165) is 15.9 Å². The average Bonchev–Trinajstić information content (AvgIpc) is 3.70. The average molecular weight is 699 g/mol. The Balaban J connectivity index is 1.68. The minimum Gasteiger partial charge on any atom is -0.496 e. The topological polar surface area (TPSA) is 149 Å². The summed E-state index contributed by atoms with van der Waals surface area (Å²) in [7, 11) is 1.46. The van der Waals surface area contributed by atoms with Crippen LogP contribution < -0.4 is 21.3 Å². The van der Waals surface area contributed by atoms with Gasteiger partial charge in [-0.3, -0.25) is 19.0 Å². The molecule has 1 N–H and O–H groups in total. The van der Waals surface area contributed by atoms with Gasteiger partial charge < -0.3 is 19.5 Å². The smallest absolute Gasteiger partial charge is 0.333 e. The third-order valence-corrected chi connectivity index (χ3v) is 10.1. The van der Waals surface area contributed by atoms with Crippen molar-refractivity contribution in [3.05, 3.63) is 68.4 Å². The Morgan fingerprint density at radius 2 is 1.80 bits per heavy atom. The van der Waals surface area contributed by atoms with Gasteiger partial charge in [0.1, 0.15) is 33.0 Å². The number of thiophene rings is 1. The van der Waals surface area contributed by atoms with Crippen molar-refractivity contribution in [1.82, 2.24) is 29.4 Å². The second kappa shape index (κ2) is 14.6. The standard InChI is InChI=1S/C34H43FN6O7S/c1-8-47-31(43)21-9-12-23(13-10-21)48-26(24-17-22(35)11-14-25(24)46-7)18-39-30-27(20(4)29(49-30)41-36-15-16-37-41)28(42)40(33(39)45)34(5,6)32(44)38-19(2)3/h11,14-17,19,21,23,26H,8-10,12-13,18H2,1-7H3,(H,38,44)/t21-,23-,26-/m0/s1. The zero-order valence-corrected chi connectivity index (χ0v) is 29.6. The number of aromatic nitrogens is 5. The number of carbonyl (C=O) groups is 2. The Hall–Kier alpha value is -4.37. The lowest BCUT2D eigenvalue weighted by Gasteiger charge is -2.32. The van der Waals surface area contributed by atoms with Crippen LogP contribution in [0, 0.1) is 18.7 Å². The fourth-order valence-electron chi connectivity index (χ4n) is 6.30. The Morgan fingerprint density at radius 3 is 2.41 bits per heavy atom. The number of halogens is 1. The normalized spacial score (nSPS) is 17.3. The predicted octanol–water partition coefficient (Wildman–Crippen LogP) is 4.40. The van der Waals surface area contributed by atoms with E-state index >= 15 is 0 Å². The molecule has 0 saturated heterocycles.